The molecule has 7 nitrogen and oxygen atoms in total. The fourth-order valence-electron chi connectivity index (χ4n) is 4.73. The number of benzene rings is 2. The summed E-state index contributed by atoms with van der Waals surface area (Å²) in [6.07, 6.45) is 3.34. The number of pyridine rings is 1. The number of aryl methyl sites for hydroxylation is 1. The highest BCUT2D eigenvalue weighted by molar-refractivity contribution is 7.89. The van der Waals surface area contributed by atoms with Gasteiger partial charge in [-0.15, -0.1) is 0 Å². The minimum absolute atomic E-state index is 0.104. The summed E-state index contributed by atoms with van der Waals surface area (Å²) >= 11 is 0. The Morgan fingerprint density at radius 1 is 0.972 bits per heavy atom. The molecule has 0 unspecified atom stereocenters. The number of aliphatic hydroxyl groups is 1. The number of nitrogens with zero attached hydrogens (tertiary/aromatic N) is 1. The van der Waals surface area contributed by atoms with Crippen LogP contribution in [0.25, 0.3) is 11.1 Å². The van der Waals surface area contributed by atoms with Crippen LogP contribution in [0.5, 0.6) is 0 Å². The van der Waals surface area contributed by atoms with Crippen LogP contribution in [-0.4, -0.2) is 36.6 Å². The molecular formula is C28H33N3O4S. The zero-order chi connectivity index (χ0) is 25.7. The fraction of sp³-hybridized carbons (Fsp3) is 0.357. The van der Waals surface area contributed by atoms with Gasteiger partial charge in [-0.25, -0.2) is 13.1 Å². The average Bonchev–Trinajstić information content (AvgIpc) is 2.88. The van der Waals surface area contributed by atoms with Crippen molar-refractivity contribution in [2.75, 3.05) is 0 Å². The van der Waals surface area contributed by atoms with Gasteiger partial charge in [0.25, 0.3) is 0 Å². The Balaban J connectivity index is 1.33. The van der Waals surface area contributed by atoms with Gasteiger partial charge in [0.15, 0.2) is 0 Å². The number of amides is 1. The topological polar surface area (TPSA) is 108 Å². The molecule has 2 atom stereocenters. The maximum atomic E-state index is 13.0. The normalized spacial score (nSPS) is 19.9. The molecular weight excluding hydrogens is 474 g/mol. The summed E-state index contributed by atoms with van der Waals surface area (Å²) in [6, 6.07) is 19.4. The SMILES string of the molecule is Cc1cc(-c2ccc(S(=O)(=O)NC3CCC(C(=O)N[C@@H](c4ccccc4)[C@@H](C)O)CC3)cc2)ccn1. The summed E-state index contributed by atoms with van der Waals surface area (Å²) < 4.78 is 28.7. The number of nitrogens with one attached hydrogen (secondary N) is 2. The number of rotatable bonds is 8. The van der Waals surface area contributed by atoms with Crippen molar-refractivity contribution in [2.45, 2.75) is 62.6 Å². The third-order valence-electron chi connectivity index (χ3n) is 6.75. The third kappa shape index (κ3) is 6.37. The van der Waals surface area contributed by atoms with Crippen molar-refractivity contribution in [2.24, 2.45) is 5.92 Å². The second-order valence-corrected chi connectivity index (χ2v) is 11.2. The molecule has 1 amide bonds. The van der Waals surface area contributed by atoms with Crippen molar-refractivity contribution in [3.63, 3.8) is 0 Å². The zero-order valence-electron chi connectivity index (χ0n) is 20.6. The van der Waals surface area contributed by atoms with Crippen LogP contribution in [0, 0.1) is 12.8 Å². The first-order valence-corrected chi connectivity index (χ1v) is 13.8. The van der Waals surface area contributed by atoms with Crippen LogP contribution in [0.2, 0.25) is 0 Å². The van der Waals surface area contributed by atoms with Crippen molar-refractivity contribution in [3.8, 4) is 11.1 Å². The molecule has 0 aliphatic heterocycles. The molecule has 1 aliphatic carbocycles. The molecule has 0 spiro atoms. The quantitative estimate of drug-likeness (QED) is 0.425. The van der Waals surface area contributed by atoms with Crippen LogP contribution in [0.1, 0.15) is 49.9 Å². The monoisotopic (exact) mass is 507 g/mol. The first-order chi connectivity index (χ1) is 17.2. The molecule has 3 N–H and O–H groups in total. The highest BCUT2D eigenvalue weighted by Gasteiger charge is 2.31. The maximum Gasteiger partial charge on any atom is 0.240 e. The lowest BCUT2D eigenvalue weighted by atomic mass is 9.85. The van der Waals surface area contributed by atoms with E-state index in [9.17, 15) is 18.3 Å². The van der Waals surface area contributed by atoms with Crippen molar-refractivity contribution >= 4 is 15.9 Å². The molecule has 1 fully saturated rings. The molecule has 0 saturated heterocycles. The van der Waals surface area contributed by atoms with Crippen molar-refractivity contribution in [1.82, 2.24) is 15.0 Å². The predicted molar refractivity (Wildman–Crippen MR) is 139 cm³/mol. The number of hydrogen-bond donors (Lipinski definition) is 3. The molecule has 1 saturated carbocycles. The minimum Gasteiger partial charge on any atom is -0.391 e. The zero-order valence-corrected chi connectivity index (χ0v) is 21.4. The van der Waals surface area contributed by atoms with Gasteiger partial charge in [-0.2, -0.15) is 0 Å². The lowest BCUT2D eigenvalue weighted by Gasteiger charge is -2.30. The smallest absolute Gasteiger partial charge is 0.240 e. The van der Waals surface area contributed by atoms with E-state index in [4.69, 9.17) is 0 Å². The minimum atomic E-state index is -3.67. The summed E-state index contributed by atoms with van der Waals surface area (Å²) in [4.78, 5) is 17.3. The molecule has 36 heavy (non-hydrogen) atoms. The van der Waals surface area contributed by atoms with Crippen molar-refractivity contribution in [3.05, 3.63) is 84.2 Å². The van der Waals surface area contributed by atoms with Gasteiger partial charge < -0.3 is 10.4 Å². The molecule has 3 aromatic rings. The van der Waals surface area contributed by atoms with Gasteiger partial charge in [-0.1, -0.05) is 42.5 Å². The second-order valence-electron chi connectivity index (χ2n) is 9.52. The Hall–Kier alpha value is -3.07. The van der Waals surface area contributed by atoms with E-state index in [0.717, 1.165) is 22.4 Å². The number of sulfonamides is 1. The first kappa shape index (κ1) is 26.0. The summed E-state index contributed by atoms with van der Waals surface area (Å²) in [7, 11) is -3.67. The predicted octanol–water partition coefficient (Wildman–Crippen LogP) is 4.13. The Kier molecular flexibility index (Phi) is 8.18. The van der Waals surface area contributed by atoms with Crippen molar-refractivity contribution in [1.29, 1.82) is 0 Å². The maximum absolute atomic E-state index is 13.0. The number of carbonyl (C=O) groups is 1. The van der Waals surface area contributed by atoms with E-state index in [1.54, 1.807) is 37.4 Å². The third-order valence-corrected chi connectivity index (χ3v) is 8.29. The largest absolute Gasteiger partial charge is 0.391 e. The fourth-order valence-corrected chi connectivity index (χ4v) is 6.03. The van der Waals surface area contributed by atoms with Crippen LogP contribution in [0.4, 0.5) is 0 Å². The molecule has 1 heterocycles. The average molecular weight is 508 g/mol. The lowest BCUT2D eigenvalue weighted by molar-refractivity contribution is -0.127. The van der Waals surface area contributed by atoms with E-state index in [-0.39, 0.29) is 22.8 Å². The standard InChI is InChI=1S/C28H33N3O4S/c1-19-18-24(16-17-29-19)21-10-14-26(15-11-21)36(34,35)31-25-12-8-23(9-13-25)28(33)30-27(20(2)32)22-6-4-3-5-7-22/h3-7,10-11,14-18,20,23,25,27,31-32H,8-9,12-13H2,1-2H3,(H,30,33)/t20-,23?,25?,27-/m1/s1. The van der Waals surface area contributed by atoms with Crippen LogP contribution in [0.3, 0.4) is 0 Å². The Bertz CT molecular complexity index is 1270. The summed E-state index contributed by atoms with van der Waals surface area (Å²) in [5.74, 6) is -0.313. The molecule has 4 rings (SSSR count). The first-order valence-electron chi connectivity index (χ1n) is 12.3. The van der Waals surface area contributed by atoms with E-state index in [0.29, 0.717) is 25.7 Å². The number of hydrogen-bond acceptors (Lipinski definition) is 5. The van der Waals surface area contributed by atoms with E-state index in [1.807, 2.05) is 49.4 Å². The van der Waals surface area contributed by atoms with Crippen LogP contribution in [-0.2, 0) is 14.8 Å². The molecule has 8 heteroatoms. The van der Waals surface area contributed by atoms with Gasteiger partial charge in [0, 0.05) is 23.9 Å². The molecule has 0 bridgehead atoms. The number of aromatic nitrogens is 1. The van der Waals surface area contributed by atoms with E-state index in [1.165, 1.54) is 0 Å². The van der Waals surface area contributed by atoms with Gasteiger partial charge >= 0.3 is 0 Å². The molecule has 0 radical (unpaired) electrons. The molecule has 2 aromatic carbocycles. The highest BCUT2D eigenvalue weighted by atomic mass is 32.2. The lowest BCUT2D eigenvalue weighted by Crippen LogP contribution is -2.43. The molecule has 1 aliphatic rings. The summed E-state index contributed by atoms with van der Waals surface area (Å²) in [6.45, 7) is 3.58. The van der Waals surface area contributed by atoms with E-state index in [2.05, 4.69) is 15.0 Å². The number of aliphatic hydroxyl groups excluding tert-OH is 1. The molecule has 1 aromatic heterocycles. The van der Waals surface area contributed by atoms with Crippen LogP contribution >= 0.6 is 0 Å². The van der Waals surface area contributed by atoms with Crippen LogP contribution < -0.4 is 10.0 Å². The Morgan fingerprint density at radius 3 is 2.25 bits per heavy atom. The second kappa shape index (κ2) is 11.3. The molecule has 190 valence electrons. The number of carbonyl (C=O) groups excluding carboxylic acids is 1. The van der Waals surface area contributed by atoms with Crippen LogP contribution in [0.15, 0.2) is 77.8 Å². The van der Waals surface area contributed by atoms with Crippen molar-refractivity contribution < 1.29 is 18.3 Å². The van der Waals surface area contributed by atoms with Gasteiger partial charge in [-0.05, 0) is 80.5 Å². The van der Waals surface area contributed by atoms with Gasteiger partial charge in [0.05, 0.1) is 17.0 Å². The highest BCUT2D eigenvalue weighted by Crippen LogP contribution is 2.28. The summed E-state index contributed by atoms with van der Waals surface area (Å²) in [5.41, 5.74) is 3.67. The summed E-state index contributed by atoms with van der Waals surface area (Å²) in [5, 5.41) is 13.2. The van der Waals surface area contributed by atoms with Gasteiger partial charge in [0.2, 0.25) is 15.9 Å². The Labute approximate surface area is 213 Å². The Morgan fingerprint density at radius 2 is 1.64 bits per heavy atom. The van der Waals surface area contributed by atoms with Gasteiger partial charge in [-0.3, -0.25) is 9.78 Å². The van der Waals surface area contributed by atoms with E-state index >= 15 is 0 Å². The van der Waals surface area contributed by atoms with E-state index < -0.39 is 22.2 Å². The van der Waals surface area contributed by atoms with Gasteiger partial charge in [0.1, 0.15) is 0 Å².